The topological polar surface area (TPSA) is 30.0 Å². The Labute approximate surface area is 149 Å². The van der Waals surface area contributed by atoms with Gasteiger partial charge in [-0.1, -0.05) is 97.0 Å². The summed E-state index contributed by atoms with van der Waals surface area (Å²) in [4.78, 5) is 16.4. The Bertz CT molecular complexity index is 415. The first kappa shape index (κ1) is 20.9. The minimum absolute atomic E-state index is 0.100. The van der Waals surface area contributed by atoms with E-state index in [-0.39, 0.29) is 11.7 Å². The zero-order valence-electron chi connectivity index (χ0n) is 15.9. The Morgan fingerprint density at radius 3 is 1.92 bits per heavy atom. The molecule has 24 heavy (non-hydrogen) atoms. The van der Waals surface area contributed by atoms with Crippen molar-refractivity contribution in [2.24, 2.45) is 5.92 Å². The smallest absolute Gasteiger partial charge is 0.183 e. The maximum atomic E-state index is 12.2. The maximum Gasteiger partial charge on any atom is 0.183 e. The van der Waals surface area contributed by atoms with E-state index in [1.807, 2.05) is 25.1 Å². The van der Waals surface area contributed by atoms with Crippen molar-refractivity contribution >= 4 is 5.78 Å². The van der Waals surface area contributed by atoms with Gasteiger partial charge in [0.2, 0.25) is 0 Å². The average molecular weight is 332 g/mol. The minimum atomic E-state index is 0.100. The number of nitrogens with zero attached hydrogens (tertiary/aromatic N) is 1. The molecule has 2 nitrogen and oxygen atoms in total. The largest absolute Gasteiger partial charge is 0.292 e. The van der Waals surface area contributed by atoms with Crippen LogP contribution in [0.2, 0.25) is 0 Å². The van der Waals surface area contributed by atoms with Crippen molar-refractivity contribution < 1.29 is 4.79 Å². The molecule has 1 aromatic heterocycles. The third-order valence-corrected chi connectivity index (χ3v) is 4.86. The highest BCUT2D eigenvalue weighted by atomic mass is 16.1. The molecule has 0 fully saturated rings. The van der Waals surface area contributed by atoms with Crippen LogP contribution in [-0.4, -0.2) is 10.8 Å². The first-order valence-corrected chi connectivity index (χ1v) is 10.2. The van der Waals surface area contributed by atoms with Gasteiger partial charge in [0.1, 0.15) is 5.69 Å². The number of hydrogen-bond donors (Lipinski definition) is 0. The van der Waals surface area contributed by atoms with Gasteiger partial charge in [0.25, 0.3) is 0 Å². The molecule has 1 rings (SSSR count). The van der Waals surface area contributed by atoms with Gasteiger partial charge in [-0.3, -0.25) is 9.78 Å². The van der Waals surface area contributed by atoms with E-state index in [4.69, 9.17) is 0 Å². The Balaban J connectivity index is 1.92. The fourth-order valence-electron chi connectivity index (χ4n) is 3.18. The SMILES string of the molecule is CCCCCCCCCCCCCCC(C)C(=O)c1ccccn1. The molecule has 136 valence electrons. The van der Waals surface area contributed by atoms with Crippen LogP contribution in [0.15, 0.2) is 24.4 Å². The summed E-state index contributed by atoms with van der Waals surface area (Å²) in [6.07, 6.45) is 19.0. The van der Waals surface area contributed by atoms with Gasteiger partial charge in [0, 0.05) is 12.1 Å². The van der Waals surface area contributed by atoms with Crippen LogP contribution in [0.3, 0.4) is 0 Å². The van der Waals surface area contributed by atoms with Crippen LogP contribution in [0.1, 0.15) is 108 Å². The molecule has 0 aliphatic carbocycles. The molecule has 1 unspecified atom stereocenters. The zero-order valence-corrected chi connectivity index (χ0v) is 15.9. The second-order valence-corrected chi connectivity index (χ2v) is 7.16. The molecule has 0 amide bonds. The predicted molar refractivity (Wildman–Crippen MR) is 103 cm³/mol. The quantitative estimate of drug-likeness (QED) is 0.256. The highest BCUT2D eigenvalue weighted by Gasteiger charge is 2.15. The minimum Gasteiger partial charge on any atom is -0.292 e. The Morgan fingerprint density at radius 2 is 1.42 bits per heavy atom. The number of pyridine rings is 1. The zero-order chi connectivity index (χ0) is 17.5. The van der Waals surface area contributed by atoms with Gasteiger partial charge in [-0.05, 0) is 18.6 Å². The van der Waals surface area contributed by atoms with Gasteiger partial charge in [0.15, 0.2) is 5.78 Å². The van der Waals surface area contributed by atoms with E-state index in [0.717, 1.165) is 12.8 Å². The highest BCUT2D eigenvalue weighted by molar-refractivity contribution is 5.95. The Morgan fingerprint density at radius 1 is 0.875 bits per heavy atom. The van der Waals surface area contributed by atoms with Crippen LogP contribution >= 0.6 is 0 Å². The number of aromatic nitrogens is 1. The number of carbonyl (C=O) groups excluding carboxylic acids is 1. The molecule has 0 radical (unpaired) electrons. The maximum absolute atomic E-state index is 12.2. The van der Waals surface area contributed by atoms with Gasteiger partial charge in [0.05, 0.1) is 0 Å². The van der Waals surface area contributed by atoms with E-state index < -0.39 is 0 Å². The lowest BCUT2D eigenvalue weighted by Crippen LogP contribution is -2.12. The van der Waals surface area contributed by atoms with Crippen LogP contribution in [-0.2, 0) is 0 Å². The first-order chi connectivity index (χ1) is 11.8. The van der Waals surface area contributed by atoms with Crippen molar-refractivity contribution in [3.63, 3.8) is 0 Å². The highest BCUT2D eigenvalue weighted by Crippen LogP contribution is 2.16. The van der Waals surface area contributed by atoms with E-state index in [9.17, 15) is 4.79 Å². The normalized spacial score (nSPS) is 12.2. The number of Topliss-reactive ketones (excluding diaryl/α,β-unsaturated/α-hetero) is 1. The van der Waals surface area contributed by atoms with E-state index in [2.05, 4.69) is 11.9 Å². The molecular weight excluding hydrogens is 294 g/mol. The summed E-state index contributed by atoms with van der Waals surface area (Å²) in [6, 6.07) is 5.56. The Kier molecular flexibility index (Phi) is 12.3. The van der Waals surface area contributed by atoms with Crippen LogP contribution in [0.4, 0.5) is 0 Å². The molecule has 0 aliphatic rings. The lowest BCUT2D eigenvalue weighted by atomic mass is 9.96. The van der Waals surface area contributed by atoms with Gasteiger partial charge in [-0.25, -0.2) is 0 Å². The summed E-state index contributed by atoms with van der Waals surface area (Å²) in [5.41, 5.74) is 0.615. The van der Waals surface area contributed by atoms with Crippen LogP contribution in [0, 0.1) is 5.92 Å². The molecule has 0 aliphatic heterocycles. The second-order valence-electron chi connectivity index (χ2n) is 7.16. The van der Waals surface area contributed by atoms with Gasteiger partial charge < -0.3 is 0 Å². The molecule has 0 spiro atoms. The third-order valence-electron chi connectivity index (χ3n) is 4.86. The summed E-state index contributed by atoms with van der Waals surface area (Å²) in [6.45, 7) is 4.31. The lowest BCUT2D eigenvalue weighted by molar-refractivity contribution is 0.0917. The second kappa shape index (κ2) is 14.2. The number of unbranched alkanes of at least 4 members (excludes halogenated alkanes) is 11. The van der Waals surface area contributed by atoms with E-state index in [1.54, 1.807) is 6.20 Å². The molecular formula is C22H37NO. The summed E-state index contributed by atoms with van der Waals surface area (Å²) in [7, 11) is 0. The molecule has 1 heterocycles. The Hall–Kier alpha value is -1.18. The summed E-state index contributed by atoms with van der Waals surface area (Å²) < 4.78 is 0. The molecule has 0 saturated carbocycles. The summed E-state index contributed by atoms with van der Waals surface area (Å²) in [5, 5.41) is 0. The van der Waals surface area contributed by atoms with Crippen molar-refractivity contribution in [1.82, 2.24) is 4.98 Å². The summed E-state index contributed by atoms with van der Waals surface area (Å²) in [5.74, 6) is 0.293. The van der Waals surface area contributed by atoms with Crippen molar-refractivity contribution in [2.45, 2.75) is 97.3 Å². The van der Waals surface area contributed by atoms with Crippen LogP contribution in [0.25, 0.3) is 0 Å². The van der Waals surface area contributed by atoms with Crippen LogP contribution < -0.4 is 0 Å². The van der Waals surface area contributed by atoms with Gasteiger partial charge in [-0.2, -0.15) is 0 Å². The van der Waals surface area contributed by atoms with Gasteiger partial charge in [-0.15, -0.1) is 0 Å². The number of carbonyl (C=O) groups is 1. The molecule has 0 N–H and O–H groups in total. The standard InChI is InChI=1S/C22H37NO/c1-3-4-5-6-7-8-9-10-11-12-13-14-17-20(2)22(24)21-18-15-16-19-23-21/h15-16,18-20H,3-14,17H2,1-2H3. The van der Waals surface area contributed by atoms with Crippen molar-refractivity contribution in [2.75, 3.05) is 0 Å². The molecule has 1 atom stereocenters. The van der Waals surface area contributed by atoms with E-state index in [0.29, 0.717) is 5.69 Å². The third kappa shape index (κ3) is 9.85. The van der Waals surface area contributed by atoms with Crippen molar-refractivity contribution in [1.29, 1.82) is 0 Å². The first-order valence-electron chi connectivity index (χ1n) is 10.2. The van der Waals surface area contributed by atoms with Crippen molar-refractivity contribution in [3.8, 4) is 0 Å². The number of hydrogen-bond acceptors (Lipinski definition) is 2. The molecule has 0 saturated heterocycles. The molecule has 1 aromatic rings. The van der Waals surface area contributed by atoms with Gasteiger partial charge >= 0.3 is 0 Å². The fourth-order valence-corrected chi connectivity index (χ4v) is 3.18. The van der Waals surface area contributed by atoms with Crippen LogP contribution in [0.5, 0.6) is 0 Å². The molecule has 0 aromatic carbocycles. The molecule has 2 heteroatoms. The molecule has 0 bridgehead atoms. The fraction of sp³-hybridized carbons (Fsp3) is 0.727. The van der Waals surface area contributed by atoms with Crippen molar-refractivity contribution in [3.05, 3.63) is 30.1 Å². The van der Waals surface area contributed by atoms with E-state index in [1.165, 1.54) is 70.6 Å². The monoisotopic (exact) mass is 331 g/mol. The lowest BCUT2D eigenvalue weighted by Gasteiger charge is -2.09. The number of rotatable bonds is 15. The van der Waals surface area contributed by atoms with E-state index >= 15 is 0 Å². The number of ketones is 1. The summed E-state index contributed by atoms with van der Waals surface area (Å²) >= 11 is 0. The average Bonchev–Trinajstić information content (AvgIpc) is 2.62. The predicted octanol–water partition coefficient (Wildman–Crippen LogP) is 6.99.